The van der Waals surface area contributed by atoms with E-state index in [2.05, 4.69) is 0 Å². The van der Waals surface area contributed by atoms with Gasteiger partial charge in [-0.3, -0.25) is 0 Å². The summed E-state index contributed by atoms with van der Waals surface area (Å²) in [6, 6.07) is -0.390. The van der Waals surface area contributed by atoms with Crippen LogP contribution in [0.3, 0.4) is 0 Å². The molecule has 0 aliphatic heterocycles. The highest BCUT2D eigenvalue weighted by Gasteiger charge is 2.41. The summed E-state index contributed by atoms with van der Waals surface area (Å²) in [7, 11) is 0. The molecule has 0 aromatic rings. The molecule has 74 valence electrons. The van der Waals surface area contributed by atoms with Gasteiger partial charge < -0.3 is 5.73 Å². The summed E-state index contributed by atoms with van der Waals surface area (Å²) in [5, 5.41) is 0. The number of hydrogen-bond acceptors (Lipinski definition) is 1. The van der Waals surface area contributed by atoms with Gasteiger partial charge in [0.1, 0.15) is 0 Å². The van der Waals surface area contributed by atoms with E-state index in [4.69, 9.17) is 5.73 Å². The zero-order valence-corrected chi connectivity index (χ0v) is 7.65. The molecule has 0 saturated carbocycles. The van der Waals surface area contributed by atoms with Crippen molar-refractivity contribution in [3.63, 3.8) is 0 Å². The van der Waals surface area contributed by atoms with Gasteiger partial charge in [0.05, 0.1) is 5.92 Å². The molecule has 0 aliphatic rings. The van der Waals surface area contributed by atoms with Crippen molar-refractivity contribution < 1.29 is 13.2 Å². The van der Waals surface area contributed by atoms with Gasteiger partial charge in [-0.25, -0.2) is 0 Å². The molecular weight excluding hydrogens is 167 g/mol. The van der Waals surface area contributed by atoms with Crippen LogP contribution in [0.5, 0.6) is 0 Å². The van der Waals surface area contributed by atoms with Crippen molar-refractivity contribution in [2.24, 2.45) is 17.6 Å². The average molecular weight is 183 g/mol. The van der Waals surface area contributed by atoms with Crippen LogP contribution in [0.25, 0.3) is 0 Å². The van der Waals surface area contributed by atoms with E-state index in [9.17, 15) is 13.2 Å². The summed E-state index contributed by atoms with van der Waals surface area (Å²) < 4.78 is 36.8. The molecule has 0 amide bonds. The minimum atomic E-state index is -4.11. The molecule has 0 fully saturated rings. The van der Waals surface area contributed by atoms with Crippen molar-refractivity contribution in [2.75, 3.05) is 0 Å². The summed E-state index contributed by atoms with van der Waals surface area (Å²) in [5.41, 5.74) is 5.33. The van der Waals surface area contributed by atoms with E-state index in [1.54, 1.807) is 20.8 Å². The predicted octanol–water partition coefficient (Wildman–Crippen LogP) is 2.56. The third-order valence-electron chi connectivity index (χ3n) is 1.85. The van der Waals surface area contributed by atoms with Crippen LogP contribution in [0, 0.1) is 11.8 Å². The third-order valence-corrected chi connectivity index (χ3v) is 1.85. The Bertz CT molecular complexity index is 129. The predicted molar refractivity (Wildman–Crippen MR) is 42.6 cm³/mol. The topological polar surface area (TPSA) is 26.0 Å². The second-order valence-electron chi connectivity index (χ2n) is 3.61. The van der Waals surface area contributed by atoms with E-state index in [1.807, 2.05) is 0 Å². The Balaban J connectivity index is 4.25. The van der Waals surface area contributed by atoms with Gasteiger partial charge in [-0.1, -0.05) is 13.8 Å². The Labute approximate surface area is 71.1 Å². The Kier molecular flexibility index (Phi) is 4.03. The Morgan fingerprint density at radius 3 is 1.67 bits per heavy atom. The molecule has 2 unspecified atom stereocenters. The zero-order chi connectivity index (χ0) is 9.94. The fourth-order valence-electron chi connectivity index (χ4n) is 1.18. The maximum atomic E-state index is 12.3. The molecule has 2 atom stereocenters. The second-order valence-corrected chi connectivity index (χ2v) is 3.61. The van der Waals surface area contributed by atoms with Crippen LogP contribution >= 0.6 is 0 Å². The SMILES string of the molecule is CC(N)CC(C(C)C)C(F)(F)F. The summed E-state index contributed by atoms with van der Waals surface area (Å²) in [6.45, 7) is 4.74. The fourth-order valence-corrected chi connectivity index (χ4v) is 1.18. The summed E-state index contributed by atoms with van der Waals surface area (Å²) in [4.78, 5) is 0. The lowest BCUT2D eigenvalue weighted by Crippen LogP contribution is -2.33. The normalized spacial score (nSPS) is 18.0. The maximum absolute atomic E-state index is 12.3. The van der Waals surface area contributed by atoms with E-state index in [0.717, 1.165) is 0 Å². The first kappa shape index (κ1) is 11.8. The second kappa shape index (κ2) is 4.12. The lowest BCUT2D eigenvalue weighted by atomic mass is 9.89. The third kappa shape index (κ3) is 3.95. The van der Waals surface area contributed by atoms with Crippen molar-refractivity contribution in [3.8, 4) is 0 Å². The largest absolute Gasteiger partial charge is 0.392 e. The average Bonchev–Trinajstić information content (AvgIpc) is 1.79. The molecular formula is C8H16F3N. The monoisotopic (exact) mass is 183 g/mol. The van der Waals surface area contributed by atoms with Crippen LogP contribution in [-0.4, -0.2) is 12.2 Å². The molecule has 1 nitrogen and oxygen atoms in total. The zero-order valence-electron chi connectivity index (χ0n) is 7.65. The summed E-state index contributed by atoms with van der Waals surface area (Å²) >= 11 is 0. The number of hydrogen-bond donors (Lipinski definition) is 1. The Hall–Kier alpha value is -0.250. The molecule has 0 rings (SSSR count). The highest BCUT2D eigenvalue weighted by molar-refractivity contribution is 4.74. The molecule has 2 N–H and O–H groups in total. The smallest absolute Gasteiger partial charge is 0.328 e. The van der Waals surface area contributed by atoms with Crippen molar-refractivity contribution in [1.82, 2.24) is 0 Å². The van der Waals surface area contributed by atoms with E-state index >= 15 is 0 Å². The first-order valence-electron chi connectivity index (χ1n) is 4.07. The van der Waals surface area contributed by atoms with E-state index in [1.165, 1.54) is 0 Å². The van der Waals surface area contributed by atoms with Crippen LogP contribution in [0.4, 0.5) is 13.2 Å². The van der Waals surface area contributed by atoms with Gasteiger partial charge in [0.2, 0.25) is 0 Å². The first-order valence-corrected chi connectivity index (χ1v) is 4.07. The van der Waals surface area contributed by atoms with Gasteiger partial charge in [-0.05, 0) is 19.3 Å². The standard InChI is InChI=1S/C8H16F3N/c1-5(2)7(4-6(3)12)8(9,10)11/h5-7H,4,12H2,1-3H3. The van der Waals surface area contributed by atoms with Crippen molar-refractivity contribution in [3.05, 3.63) is 0 Å². The van der Waals surface area contributed by atoms with Crippen molar-refractivity contribution in [2.45, 2.75) is 39.4 Å². The van der Waals surface area contributed by atoms with Gasteiger partial charge >= 0.3 is 6.18 Å². The van der Waals surface area contributed by atoms with Gasteiger partial charge in [-0.15, -0.1) is 0 Å². The Morgan fingerprint density at radius 1 is 1.17 bits per heavy atom. The number of rotatable bonds is 3. The van der Waals surface area contributed by atoms with E-state index in [0.29, 0.717) is 0 Å². The molecule has 0 aromatic heterocycles. The van der Waals surface area contributed by atoms with E-state index in [-0.39, 0.29) is 12.5 Å². The summed E-state index contributed by atoms with van der Waals surface area (Å²) in [6.07, 6.45) is -4.09. The fraction of sp³-hybridized carbons (Fsp3) is 1.00. The van der Waals surface area contributed by atoms with Crippen LogP contribution in [0.2, 0.25) is 0 Å². The minimum absolute atomic E-state index is 0.0150. The number of alkyl halides is 3. The molecule has 0 bridgehead atoms. The maximum Gasteiger partial charge on any atom is 0.392 e. The van der Waals surface area contributed by atoms with Crippen LogP contribution in [0.1, 0.15) is 27.2 Å². The number of nitrogens with two attached hydrogens (primary N) is 1. The van der Waals surface area contributed by atoms with Gasteiger partial charge in [-0.2, -0.15) is 13.2 Å². The van der Waals surface area contributed by atoms with E-state index < -0.39 is 18.0 Å². The van der Waals surface area contributed by atoms with Gasteiger partial charge in [0.15, 0.2) is 0 Å². The Morgan fingerprint density at radius 2 is 1.58 bits per heavy atom. The van der Waals surface area contributed by atoms with Gasteiger partial charge in [0, 0.05) is 6.04 Å². The quantitative estimate of drug-likeness (QED) is 0.715. The molecule has 0 saturated heterocycles. The highest BCUT2D eigenvalue weighted by Crippen LogP contribution is 2.34. The summed E-state index contributed by atoms with van der Waals surface area (Å²) in [5.74, 6) is -1.66. The molecule has 0 spiro atoms. The molecule has 4 heteroatoms. The molecule has 0 radical (unpaired) electrons. The molecule has 0 heterocycles. The van der Waals surface area contributed by atoms with Crippen molar-refractivity contribution in [1.29, 1.82) is 0 Å². The molecule has 12 heavy (non-hydrogen) atoms. The van der Waals surface area contributed by atoms with Crippen LogP contribution in [0.15, 0.2) is 0 Å². The molecule has 0 aliphatic carbocycles. The van der Waals surface area contributed by atoms with Crippen LogP contribution < -0.4 is 5.73 Å². The highest BCUT2D eigenvalue weighted by atomic mass is 19.4. The van der Waals surface area contributed by atoms with Crippen molar-refractivity contribution >= 4 is 0 Å². The lowest BCUT2D eigenvalue weighted by Gasteiger charge is -2.25. The minimum Gasteiger partial charge on any atom is -0.328 e. The van der Waals surface area contributed by atoms with Crippen LogP contribution in [-0.2, 0) is 0 Å². The first-order chi connectivity index (χ1) is 5.25. The number of halogens is 3. The molecule has 0 aromatic carbocycles. The lowest BCUT2D eigenvalue weighted by molar-refractivity contribution is -0.188. The van der Waals surface area contributed by atoms with Gasteiger partial charge in [0.25, 0.3) is 0 Å².